The van der Waals surface area contributed by atoms with Crippen LogP contribution in [0.4, 0.5) is 15.8 Å². The van der Waals surface area contributed by atoms with Gasteiger partial charge in [-0.2, -0.15) is 0 Å². The smallest absolute Gasteiger partial charge is 0.269 e. The number of nitro groups is 1. The quantitative estimate of drug-likeness (QED) is 0.646. The van der Waals surface area contributed by atoms with Crippen molar-refractivity contribution in [1.82, 2.24) is 0 Å². The van der Waals surface area contributed by atoms with Crippen molar-refractivity contribution in [2.75, 3.05) is 5.32 Å². The lowest BCUT2D eigenvalue weighted by Gasteiger charge is -2.19. The molecule has 0 aliphatic carbocycles. The molecule has 0 aliphatic rings. The number of aryl methyl sites for hydroxylation is 1. The van der Waals surface area contributed by atoms with E-state index in [9.17, 15) is 14.5 Å². The summed E-state index contributed by atoms with van der Waals surface area (Å²) in [5.41, 5.74) is 2.37. The number of nitro benzene ring substituents is 1. The molecule has 4 nitrogen and oxygen atoms in total. The average molecular weight is 288 g/mol. The van der Waals surface area contributed by atoms with Gasteiger partial charge < -0.3 is 5.32 Å². The summed E-state index contributed by atoms with van der Waals surface area (Å²) in [7, 11) is 0. The maximum atomic E-state index is 13.4. The molecule has 21 heavy (non-hydrogen) atoms. The lowest BCUT2D eigenvalue weighted by molar-refractivity contribution is -0.384. The molecular formula is C16H17FN2O2. The SMILES string of the molecule is CCC(Nc1cc(C)cc(F)c1)c1cccc([N+](=O)[O-])c1. The fraction of sp³-hybridized carbons (Fsp3) is 0.250. The van der Waals surface area contributed by atoms with Crippen molar-refractivity contribution in [3.05, 3.63) is 69.5 Å². The number of rotatable bonds is 5. The Balaban J connectivity index is 2.27. The van der Waals surface area contributed by atoms with Crippen LogP contribution in [-0.4, -0.2) is 4.92 Å². The van der Waals surface area contributed by atoms with Crippen LogP contribution >= 0.6 is 0 Å². The maximum Gasteiger partial charge on any atom is 0.269 e. The largest absolute Gasteiger partial charge is 0.378 e. The molecule has 0 saturated carbocycles. The van der Waals surface area contributed by atoms with Crippen LogP contribution in [0.1, 0.15) is 30.5 Å². The van der Waals surface area contributed by atoms with E-state index in [4.69, 9.17) is 0 Å². The molecule has 0 spiro atoms. The minimum Gasteiger partial charge on any atom is -0.378 e. The van der Waals surface area contributed by atoms with Crippen molar-refractivity contribution in [3.63, 3.8) is 0 Å². The molecule has 1 atom stereocenters. The van der Waals surface area contributed by atoms with Crippen molar-refractivity contribution in [2.24, 2.45) is 0 Å². The Bertz CT molecular complexity index is 638. The highest BCUT2D eigenvalue weighted by Crippen LogP contribution is 2.26. The van der Waals surface area contributed by atoms with Gasteiger partial charge in [0.25, 0.3) is 5.69 Å². The van der Waals surface area contributed by atoms with Gasteiger partial charge in [0.05, 0.1) is 11.0 Å². The standard InChI is InChI=1S/C16H17FN2O2/c1-3-16(12-5-4-6-15(9-12)19(20)21)18-14-8-11(2)7-13(17)10-14/h4-10,16,18H,3H2,1-2H3. The van der Waals surface area contributed by atoms with Crippen LogP contribution in [0.25, 0.3) is 0 Å². The Labute approximate surface area is 122 Å². The molecule has 2 aromatic rings. The van der Waals surface area contributed by atoms with E-state index in [1.807, 2.05) is 26.0 Å². The van der Waals surface area contributed by atoms with Crippen molar-refractivity contribution >= 4 is 11.4 Å². The summed E-state index contributed by atoms with van der Waals surface area (Å²) >= 11 is 0. The molecule has 1 N–H and O–H groups in total. The topological polar surface area (TPSA) is 55.2 Å². The highest BCUT2D eigenvalue weighted by atomic mass is 19.1. The minimum atomic E-state index is -0.414. The zero-order valence-electron chi connectivity index (χ0n) is 12.0. The third-order valence-corrected chi connectivity index (χ3v) is 3.27. The van der Waals surface area contributed by atoms with Crippen LogP contribution in [0.15, 0.2) is 42.5 Å². The van der Waals surface area contributed by atoms with E-state index in [1.165, 1.54) is 18.2 Å². The molecule has 110 valence electrons. The van der Waals surface area contributed by atoms with Gasteiger partial charge in [-0.25, -0.2) is 4.39 Å². The first-order valence-electron chi connectivity index (χ1n) is 6.77. The second-order valence-corrected chi connectivity index (χ2v) is 4.97. The zero-order chi connectivity index (χ0) is 15.4. The highest BCUT2D eigenvalue weighted by Gasteiger charge is 2.13. The molecule has 0 radical (unpaired) electrons. The summed E-state index contributed by atoms with van der Waals surface area (Å²) in [5, 5.41) is 14.1. The van der Waals surface area contributed by atoms with Crippen LogP contribution in [0.3, 0.4) is 0 Å². The number of non-ortho nitro benzene ring substituents is 1. The molecule has 5 heteroatoms. The van der Waals surface area contributed by atoms with E-state index >= 15 is 0 Å². The van der Waals surface area contributed by atoms with Gasteiger partial charge in [0.2, 0.25) is 0 Å². The van der Waals surface area contributed by atoms with Crippen LogP contribution < -0.4 is 5.32 Å². The zero-order valence-corrected chi connectivity index (χ0v) is 12.0. The number of hydrogen-bond acceptors (Lipinski definition) is 3. The summed E-state index contributed by atoms with van der Waals surface area (Å²) in [6.07, 6.45) is 0.733. The third-order valence-electron chi connectivity index (χ3n) is 3.27. The molecule has 0 saturated heterocycles. The Morgan fingerprint density at radius 3 is 2.67 bits per heavy atom. The Kier molecular flexibility index (Phi) is 4.52. The predicted molar refractivity (Wildman–Crippen MR) is 80.9 cm³/mol. The van der Waals surface area contributed by atoms with Crippen molar-refractivity contribution in [3.8, 4) is 0 Å². The number of anilines is 1. The first-order chi connectivity index (χ1) is 9.99. The van der Waals surface area contributed by atoms with Gasteiger partial charge in [-0.3, -0.25) is 10.1 Å². The van der Waals surface area contributed by atoms with Gasteiger partial charge in [0, 0.05) is 17.8 Å². The van der Waals surface area contributed by atoms with E-state index in [2.05, 4.69) is 5.32 Å². The number of nitrogens with one attached hydrogen (secondary N) is 1. The van der Waals surface area contributed by atoms with Crippen LogP contribution in [0.2, 0.25) is 0 Å². The predicted octanol–water partition coefficient (Wildman–Crippen LogP) is 4.61. The Morgan fingerprint density at radius 1 is 1.29 bits per heavy atom. The van der Waals surface area contributed by atoms with Gasteiger partial charge in [0.1, 0.15) is 5.82 Å². The highest BCUT2D eigenvalue weighted by molar-refractivity contribution is 5.49. The molecule has 0 aromatic heterocycles. The lowest BCUT2D eigenvalue weighted by Crippen LogP contribution is -2.10. The van der Waals surface area contributed by atoms with Crippen molar-refractivity contribution < 1.29 is 9.31 Å². The van der Waals surface area contributed by atoms with E-state index in [-0.39, 0.29) is 17.5 Å². The molecule has 0 aliphatic heterocycles. The number of benzene rings is 2. The molecule has 0 amide bonds. The monoisotopic (exact) mass is 288 g/mol. The average Bonchev–Trinajstić information content (AvgIpc) is 2.44. The summed E-state index contributed by atoms with van der Waals surface area (Å²) in [6.45, 7) is 3.80. The third kappa shape index (κ3) is 3.78. The molecule has 2 aromatic carbocycles. The molecule has 0 heterocycles. The fourth-order valence-corrected chi connectivity index (χ4v) is 2.30. The molecule has 0 fully saturated rings. The number of nitrogens with zero attached hydrogens (tertiary/aromatic N) is 1. The number of halogens is 1. The van der Waals surface area contributed by atoms with E-state index in [0.29, 0.717) is 5.69 Å². The first kappa shape index (κ1) is 15.0. The molecule has 1 unspecified atom stereocenters. The first-order valence-corrected chi connectivity index (χ1v) is 6.77. The normalized spacial score (nSPS) is 12.0. The summed E-state index contributed by atoms with van der Waals surface area (Å²) < 4.78 is 13.4. The van der Waals surface area contributed by atoms with Crippen LogP contribution in [0.5, 0.6) is 0 Å². The van der Waals surface area contributed by atoms with Crippen LogP contribution in [0, 0.1) is 22.9 Å². The number of hydrogen-bond donors (Lipinski definition) is 1. The van der Waals surface area contributed by atoms with Gasteiger partial charge in [-0.05, 0) is 42.7 Å². The Morgan fingerprint density at radius 2 is 2.05 bits per heavy atom. The Hall–Kier alpha value is -2.43. The van der Waals surface area contributed by atoms with Gasteiger partial charge >= 0.3 is 0 Å². The molecule has 0 bridgehead atoms. The van der Waals surface area contributed by atoms with Gasteiger partial charge in [-0.15, -0.1) is 0 Å². The van der Waals surface area contributed by atoms with E-state index < -0.39 is 4.92 Å². The van der Waals surface area contributed by atoms with Crippen LogP contribution in [-0.2, 0) is 0 Å². The maximum absolute atomic E-state index is 13.4. The van der Waals surface area contributed by atoms with Gasteiger partial charge in [0.15, 0.2) is 0 Å². The second kappa shape index (κ2) is 6.35. The lowest BCUT2D eigenvalue weighted by atomic mass is 10.0. The summed E-state index contributed by atoms with van der Waals surface area (Å²) in [4.78, 5) is 10.4. The fourth-order valence-electron chi connectivity index (χ4n) is 2.30. The van der Waals surface area contributed by atoms with Crippen molar-refractivity contribution in [1.29, 1.82) is 0 Å². The van der Waals surface area contributed by atoms with E-state index in [1.54, 1.807) is 12.1 Å². The summed E-state index contributed by atoms with van der Waals surface area (Å²) in [6, 6.07) is 11.1. The van der Waals surface area contributed by atoms with Gasteiger partial charge in [-0.1, -0.05) is 19.1 Å². The van der Waals surface area contributed by atoms with E-state index in [0.717, 1.165) is 17.5 Å². The summed E-state index contributed by atoms with van der Waals surface area (Å²) in [5.74, 6) is -0.300. The molecule has 2 rings (SSSR count). The van der Waals surface area contributed by atoms with Crippen molar-refractivity contribution in [2.45, 2.75) is 26.3 Å². The molecular weight excluding hydrogens is 271 g/mol. The minimum absolute atomic E-state index is 0.0585. The second-order valence-electron chi connectivity index (χ2n) is 4.97.